The third kappa shape index (κ3) is 4.15. The maximum Gasteiger partial charge on any atom is 0.211 e. The van der Waals surface area contributed by atoms with E-state index in [2.05, 4.69) is 26.7 Å². The summed E-state index contributed by atoms with van der Waals surface area (Å²) >= 11 is 0. The highest BCUT2D eigenvalue weighted by molar-refractivity contribution is 5.98. The van der Waals surface area contributed by atoms with E-state index in [1.807, 2.05) is 30.5 Å². The van der Waals surface area contributed by atoms with Crippen LogP contribution in [-0.4, -0.2) is 10.9 Å². The van der Waals surface area contributed by atoms with Crippen LogP contribution >= 0.6 is 0 Å². The molecule has 0 aliphatic carbocycles. The van der Waals surface area contributed by atoms with Crippen molar-refractivity contribution in [2.45, 2.75) is 12.6 Å². The highest BCUT2D eigenvalue weighted by atomic mass is 16.5. The van der Waals surface area contributed by atoms with Crippen molar-refractivity contribution >= 4 is 23.3 Å². The molecular weight excluding hydrogens is 418 g/mol. The molecule has 1 unspecified atom stereocenters. The van der Waals surface area contributed by atoms with Crippen LogP contribution in [0.4, 0.5) is 17.3 Å². The van der Waals surface area contributed by atoms with Crippen LogP contribution in [0, 0.1) is 34.1 Å². The molecule has 0 radical (unpaired) electrons. The molecule has 1 aliphatic heterocycles. The standard InChI is InChI=1S/C23H17N9O/c24-9-13-2-1-3-14(8-13)11-33-16-6-4-15(5-7-16)20-18-19(27)17(10-25)21(28)31-22(18)32-23(30-20)29-12-26/h1-8,20H,11H2,(H6,27,28,29,30,31,32). The predicted molar refractivity (Wildman–Crippen MR) is 121 cm³/mol. The lowest BCUT2D eigenvalue weighted by Crippen LogP contribution is -2.32. The topological polar surface area (TPSA) is 182 Å². The molecule has 10 nitrogen and oxygen atoms in total. The van der Waals surface area contributed by atoms with Gasteiger partial charge in [-0.1, -0.05) is 24.3 Å². The van der Waals surface area contributed by atoms with E-state index in [0.29, 0.717) is 29.3 Å². The molecule has 6 N–H and O–H groups in total. The van der Waals surface area contributed by atoms with Gasteiger partial charge in [-0.25, -0.2) is 9.98 Å². The summed E-state index contributed by atoms with van der Waals surface area (Å²) < 4.78 is 5.83. The van der Waals surface area contributed by atoms with Gasteiger partial charge in [-0.3, -0.25) is 5.32 Å². The summed E-state index contributed by atoms with van der Waals surface area (Å²) in [5, 5.41) is 32.8. The maximum absolute atomic E-state index is 9.42. The highest BCUT2D eigenvalue weighted by Gasteiger charge is 2.29. The number of nitrogens with zero attached hydrogens (tertiary/aromatic N) is 5. The first kappa shape index (κ1) is 21.0. The number of pyridine rings is 1. The Morgan fingerprint density at radius 1 is 1.06 bits per heavy atom. The number of guanidine groups is 1. The first-order valence-corrected chi connectivity index (χ1v) is 9.74. The zero-order chi connectivity index (χ0) is 23.4. The van der Waals surface area contributed by atoms with Crippen LogP contribution in [0.2, 0.25) is 0 Å². The molecule has 0 saturated heterocycles. The van der Waals surface area contributed by atoms with Gasteiger partial charge in [0.15, 0.2) is 6.19 Å². The quantitative estimate of drug-likeness (QED) is 0.353. The normalized spacial score (nSPS) is 13.8. The molecule has 160 valence electrons. The SMILES string of the molecule is N#CNC1=NC(c2ccc(OCc3cccc(C#N)c3)cc2)c2c(nc(N)c(C#N)c2N)N1. The van der Waals surface area contributed by atoms with E-state index in [4.69, 9.17) is 26.7 Å². The second-order valence-electron chi connectivity index (χ2n) is 7.07. The fraction of sp³-hybridized carbons (Fsp3) is 0.0870. The lowest BCUT2D eigenvalue weighted by molar-refractivity contribution is 0.306. The number of nitriles is 3. The van der Waals surface area contributed by atoms with Crippen molar-refractivity contribution < 1.29 is 4.74 Å². The molecule has 3 aromatic rings. The molecule has 0 fully saturated rings. The average Bonchev–Trinajstić information content (AvgIpc) is 2.83. The summed E-state index contributed by atoms with van der Waals surface area (Å²) in [6, 6.07) is 17.8. The molecule has 2 aromatic carbocycles. The van der Waals surface area contributed by atoms with Crippen LogP contribution in [0.5, 0.6) is 5.75 Å². The van der Waals surface area contributed by atoms with Gasteiger partial charge < -0.3 is 21.5 Å². The number of hydrogen-bond donors (Lipinski definition) is 4. The smallest absolute Gasteiger partial charge is 0.211 e. The number of aromatic nitrogens is 1. The molecular formula is C23H17N9O. The van der Waals surface area contributed by atoms with Gasteiger partial charge in [-0.15, -0.1) is 0 Å². The lowest BCUT2D eigenvalue weighted by Gasteiger charge is -2.26. The molecule has 33 heavy (non-hydrogen) atoms. The molecule has 1 aliphatic rings. The van der Waals surface area contributed by atoms with Gasteiger partial charge >= 0.3 is 0 Å². The number of hydrogen-bond acceptors (Lipinski definition) is 10. The molecule has 0 spiro atoms. The molecule has 1 aromatic heterocycles. The van der Waals surface area contributed by atoms with Gasteiger partial charge in [0, 0.05) is 5.56 Å². The van der Waals surface area contributed by atoms with Crippen molar-refractivity contribution in [1.82, 2.24) is 10.3 Å². The van der Waals surface area contributed by atoms with Crippen LogP contribution < -0.4 is 26.8 Å². The fourth-order valence-corrected chi connectivity index (χ4v) is 3.47. The Hall–Kier alpha value is -5.27. The van der Waals surface area contributed by atoms with Gasteiger partial charge in [0.25, 0.3) is 0 Å². The summed E-state index contributed by atoms with van der Waals surface area (Å²) in [5.41, 5.74) is 15.0. The van der Waals surface area contributed by atoms with E-state index in [0.717, 1.165) is 11.1 Å². The number of nitrogens with two attached hydrogens (primary N) is 2. The molecule has 1 atom stereocenters. The number of benzene rings is 2. The van der Waals surface area contributed by atoms with Gasteiger partial charge in [0.2, 0.25) is 5.96 Å². The van der Waals surface area contributed by atoms with Crippen LogP contribution in [0.15, 0.2) is 53.5 Å². The number of rotatable bonds is 4. The minimum absolute atomic E-state index is 0.0116. The van der Waals surface area contributed by atoms with E-state index in [-0.39, 0.29) is 23.0 Å². The van der Waals surface area contributed by atoms with Gasteiger partial charge in [-0.2, -0.15) is 15.8 Å². The van der Waals surface area contributed by atoms with Crippen LogP contribution in [0.3, 0.4) is 0 Å². The Kier molecular flexibility index (Phi) is 5.62. The molecule has 2 heterocycles. The Labute approximate surface area is 189 Å². The number of fused-ring (bicyclic) bond motifs is 1. The minimum Gasteiger partial charge on any atom is -0.489 e. The third-order valence-electron chi connectivity index (χ3n) is 5.01. The van der Waals surface area contributed by atoms with Crippen molar-refractivity contribution in [1.29, 1.82) is 15.8 Å². The Morgan fingerprint density at radius 2 is 1.85 bits per heavy atom. The van der Waals surface area contributed by atoms with Gasteiger partial charge in [0.1, 0.15) is 41.7 Å². The van der Waals surface area contributed by atoms with Crippen LogP contribution in [0.25, 0.3) is 0 Å². The minimum atomic E-state index is -0.626. The first-order chi connectivity index (χ1) is 16.0. The second kappa shape index (κ2) is 8.84. The molecule has 10 heteroatoms. The van der Waals surface area contributed by atoms with E-state index in [1.165, 1.54) is 0 Å². The Morgan fingerprint density at radius 3 is 2.55 bits per heavy atom. The number of nitrogens with one attached hydrogen (secondary N) is 2. The first-order valence-electron chi connectivity index (χ1n) is 9.74. The summed E-state index contributed by atoms with van der Waals surface area (Å²) in [7, 11) is 0. The molecule has 0 amide bonds. The zero-order valence-corrected chi connectivity index (χ0v) is 17.2. The van der Waals surface area contributed by atoms with E-state index in [1.54, 1.807) is 30.3 Å². The summed E-state index contributed by atoms with van der Waals surface area (Å²) in [4.78, 5) is 8.76. The maximum atomic E-state index is 9.42. The Bertz CT molecular complexity index is 1380. The van der Waals surface area contributed by atoms with Crippen molar-refractivity contribution in [2.24, 2.45) is 4.99 Å². The van der Waals surface area contributed by atoms with Gasteiger partial charge in [-0.05, 0) is 35.4 Å². The van der Waals surface area contributed by atoms with Crippen molar-refractivity contribution in [2.75, 3.05) is 16.8 Å². The zero-order valence-electron chi connectivity index (χ0n) is 17.2. The summed E-state index contributed by atoms with van der Waals surface area (Å²) in [5.74, 6) is 1.11. The number of nitrogen functional groups attached to an aromatic ring is 2. The summed E-state index contributed by atoms with van der Waals surface area (Å²) in [6.45, 7) is 0.307. The average molecular weight is 435 g/mol. The van der Waals surface area contributed by atoms with Crippen molar-refractivity contribution in [3.63, 3.8) is 0 Å². The predicted octanol–water partition coefficient (Wildman–Crippen LogP) is 2.51. The van der Waals surface area contributed by atoms with Crippen LogP contribution in [0.1, 0.15) is 33.9 Å². The summed E-state index contributed by atoms with van der Waals surface area (Å²) in [6.07, 6.45) is 1.82. The molecule has 4 rings (SSSR count). The van der Waals surface area contributed by atoms with E-state index < -0.39 is 6.04 Å². The second-order valence-corrected chi connectivity index (χ2v) is 7.07. The van der Waals surface area contributed by atoms with E-state index in [9.17, 15) is 5.26 Å². The highest BCUT2D eigenvalue weighted by Crippen LogP contribution is 2.40. The number of anilines is 3. The van der Waals surface area contributed by atoms with E-state index >= 15 is 0 Å². The molecule has 0 bridgehead atoms. The van der Waals surface area contributed by atoms with Crippen molar-refractivity contribution in [3.05, 3.63) is 76.3 Å². The lowest BCUT2D eigenvalue weighted by atomic mass is 9.95. The third-order valence-corrected chi connectivity index (χ3v) is 5.01. The largest absolute Gasteiger partial charge is 0.489 e. The fourth-order valence-electron chi connectivity index (χ4n) is 3.47. The Balaban J connectivity index is 1.63. The monoisotopic (exact) mass is 435 g/mol. The van der Waals surface area contributed by atoms with Gasteiger partial charge in [0.05, 0.1) is 17.3 Å². The molecule has 0 saturated carbocycles. The van der Waals surface area contributed by atoms with Crippen LogP contribution in [-0.2, 0) is 6.61 Å². The number of aliphatic imine (C=N–C) groups is 1. The number of ether oxygens (including phenoxy) is 1. The van der Waals surface area contributed by atoms with Crippen molar-refractivity contribution in [3.8, 4) is 24.1 Å².